The summed E-state index contributed by atoms with van der Waals surface area (Å²) in [6.07, 6.45) is 3.69. The van der Waals surface area contributed by atoms with Crippen molar-refractivity contribution in [2.24, 2.45) is 0 Å². The molecule has 2 saturated heterocycles. The second-order valence-corrected chi connectivity index (χ2v) is 9.25. The van der Waals surface area contributed by atoms with Gasteiger partial charge in [-0.15, -0.1) is 0 Å². The van der Waals surface area contributed by atoms with Crippen LogP contribution in [0.3, 0.4) is 0 Å². The average Bonchev–Trinajstić information content (AvgIpc) is 2.93. The van der Waals surface area contributed by atoms with Gasteiger partial charge in [-0.3, -0.25) is 14.2 Å². The lowest BCUT2D eigenvalue weighted by Gasteiger charge is -2.36. The van der Waals surface area contributed by atoms with Gasteiger partial charge in [-0.1, -0.05) is 12.1 Å². The standard InChI is InChI=1S/C27H33N5O3/c1-35-22-11-9-21(10-12-22)29-17-19-30(20-18-29)25(33)13-16-32-26(34)23-7-3-4-8-24(23)28-27(32)31-14-5-2-6-15-31/h3-4,7-12H,2,5-6,13-20H2,1H3. The summed E-state index contributed by atoms with van der Waals surface area (Å²) >= 11 is 0. The van der Waals surface area contributed by atoms with Crippen molar-refractivity contribution in [3.8, 4) is 5.75 Å². The van der Waals surface area contributed by atoms with E-state index in [1.165, 1.54) is 6.42 Å². The number of rotatable bonds is 6. The van der Waals surface area contributed by atoms with E-state index in [4.69, 9.17) is 9.72 Å². The highest BCUT2D eigenvalue weighted by molar-refractivity contribution is 5.79. The minimum Gasteiger partial charge on any atom is -0.497 e. The maximum absolute atomic E-state index is 13.4. The van der Waals surface area contributed by atoms with E-state index in [1.54, 1.807) is 11.7 Å². The Morgan fingerprint density at radius 3 is 2.31 bits per heavy atom. The van der Waals surface area contributed by atoms with Gasteiger partial charge in [-0.2, -0.15) is 0 Å². The molecule has 0 saturated carbocycles. The monoisotopic (exact) mass is 475 g/mol. The first kappa shape index (κ1) is 23.2. The summed E-state index contributed by atoms with van der Waals surface area (Å²) in [5.41, 5.74) is 1.79. The summed E-state index contributed by atoms with van der Waals surface area (Å²) in [7, 11) is 1.66. The molecule has 2 aliphatic rings. The summed E-state index contributed by atoms with van der Waals surface area (Å²) in [6.45, 7) is 5.06. The van der Waals surface area contributed by atoms with E-state index in [0.29, 0.717) is 37.4 Å². The molecule has 5 rings (SSSR count). The van der Waals surface area contributed by atoms with Crippen molar-refractivity contribution in [1.29, 1.82) is 0 Å². The molecular weight excluding hydrogens is 442 g/mol. The number of anilines is 2. The van der Waals surface area contributed by atoms with E-state index in [1.807, 2.05) is 41.3 Å². The van der Waals surface area contributed by atoms with Crippen LogP contribution in [0.1, 0.15) is 25.7 Å². The van der Waals surface area contributed by atoms with Gasteiger partial charge in [0.05, 0.1) is 18.0 Å². The molecule has 0 spiro atoms. The topological polar surface area (TPSA) is 70.9 Å². The van der Waals surface area contributed by atoms with Crippen LogP contribution in [-0.2, 0) is 11.3 Å². The van der Waals surface area contributed by atoms with E-state index < -0.39 is 0 Å². The van der Waals surface area contributed by atoms with Gasteiger partial charge in [-0.25, -0.2) is 4.98 Å². The van der Waals surface area contributed by atoms with Crippen LogP contribution in [-0.4, -0.2) is 66.7 Å². The third-order valence-electron chi connectivity index (χ3n) is 7.10. The summed E-state index contributed by atoms with van der Waals surface area (Å²) in [5, 5.41) is 0.605. The maximum atomic E-state index is 13.4. The van der Waals surface area contributed by atoms with Gasteiger partial charge < -0.3 is 19.4 Å². The molecule has 2 aromatic carbocycles. The van der Waals surface area contributed by atoms with Crippen molar-refractivity contribution in [2.45, 2.75) is 32.2 Å². The van der Waals surface area contributed by atoms with Crippen molar-refractivity contribution in [1.82, 2.24) is 14.5 Å². The van der Waals surface area contributed by atoms with Crippen LogP contribution in [0.15, 0.2) is 53.3 Å². The Bertz CT molecular complexity index is 1230. The number of carbonyl (C=O) groups is 1. The number of methoxy groups -OCH3 is 1. The van der Waals surface area contributed by atoms with Crippen LogP contribution in [0.2, 0.25) is 0 Å². The summed E-state index contributed by atoms with van der Waals surface area (Å²) in [6, 6.07) is 15.5. The molecule has 0 radical (unpaired) electrons. The van der Waals surface area contributed by atoms with Gasteiger partial charge in [0.2, 0.25) is 11.9 Å². The quantitative estimate of drug-likeness (QED) is 0.546. The summed E-state index contributed by atoms with van der Waals surface area (Å²) in [5.74, 6) is 1.62. The number of carbonyl (C=O) groups excluding carboxylic acids is 1. The predicted octanol–water partition coefficient (Wildman–Crippen LogP) is 3.13. The Morgan fingerprint density at radius 2 is 1.60 bits per heavy atom. The zero-order valence-corrected chi connectivity index (χ0v) is 20.4. The minimum absolute atomic E-state index is 0.0618. The number of piperazine rings is 1. The number of amides is 1. The van der Waals surface area contributed by atoms with Crippen molar-refractivity contribution in [3.05, 3.63) is 58.9 Å². The zero-order chi connectivity index (χ0) is 24.2. The molecule has 8 nitrogen and oxygen atoms in total. The van der Waals surface area contributed by atoms with E-state index >= 15 is 0 Å². The second-order valence-electron chi connectivity index (χ2n) is 9.25. The van der Waals surface area contributed by atoms with Crippen LogP contribution >= 0.6 is 0 Å². The third-order valence-corrected chi connectivity index (χ3v) is 7.10. The van der Waals surface area contributed by atoms with Gasteiger partial charge in [0.25, 0.3) is 5.56 Å². The summed E-state index contributed by atoms with van der Waals surface area (Å²) in [4.78, 5) is 37.7. The molecule has 2 aliphatic heterocycles. The van der Waals surface area contributed by atoms with E-state index in [9.17, 15) is 9.59 Å². The molecule has 184 valence electrons. The number of para-hydroxylation sites is 1. The molecule has 0 bridgehead atoms. The first-order valence-electron chi connectivity index (χ1n) is 12.6. The van der Waals surface area contributed by atoms with Crippen molar-refractivity contribution >= 4 is 28.4 Å². The summed E-state index contributed by atoms with van der Waals surface area (Å²) < 4.78 is 6.97. The Hall–Kier alpha value is -3.55. The molecule has 0 N–H and O–H groups in total. The largest absolute Gasteiger partial charge is 0.497 e. The number of piperidine rings is 1. The van der Waals surface area contributed by atoms with Gasteiger partial charge in [-0.05, 0) is 55.7 Å². The molecule has 0 atom stereocenters. The second kappa shape index (κ2) is 10.4. The van der Waals surface area contributed by atoms with Crippen LogP contribution in [0.5, 0.6) is 5.75 Å². The molecule has 0 aliphatic carbocycles. The Kier molecular flexibility index (Phi) is 6.88. The number of aromatic nitrogens is 2. The number of nitrogens with zero attached hydrogens (tertiary/aromatic N) is 5. The SMILES string of the molecule is COc1ccc(N2CCN(C(=O)CCn3c(N4CCCCC4)nc4ccccc4c3=O)CC2)cc1. The third kappa shape index (κ3) is 4.97. The fourth-order valence-electron chi connectivity index (χ4n) is 5.07. The van der Waals surface area contributed by atoms with Crippen LogP contribution in [0, 0.1) is 0 Å². The number of hydrogen-bond acceptors (Lipinski definition) is 6. The van der Waals surface area contributed by atoms with E-state index in [-0.39, 0.29) is 11.5 Å². The van der Waals surface area contributed by atoms with Crippen LogP contribution in [0.25, 0.3) is 10.9 Å². The van der Waals surface area contributed by atoms with Crippen LogP contribution in [0.4, 0.5) is 11.6 Å². The first-order chi connectivity index (χ1) is 17.1. The lowest BCUT2D eigenvalue weighted by atomic mass is 10.1. The molecule has 35 heavy (non-hydrogen) atoms. The Morgan fingerprint density at radius 1 is 0.886 bits per heavy atom. The molecule has 1 amide bonds. The fourth-order valence-corrected chi connectivity index (χ4v) is 5.07. The molecule has 2 fully saturated rings. The first-order valence-corrected chi connectivity index (χ1v) is 12.6. The van der Waals surface area contributed by atoms with Gasteiger partial charge in [0.1, 0.15) is 5.75 Å². The van der Waals surface area contributed by atoms with Crippen molar-refractivity contribution in [2.75, 3.05) is 56.2 Å². The number of ether oxygens (including phenoxy) is 1. The normalized spacial score (nSPS) is 16.5. The van der Waals surface area contributed by atoms with Gasteiger partial charge in [0.15, 0.2) is 0 Å². The van der Waals surface area contributed by atoms with E-state index in [0.717, 1.165) is 56.0 Å². The van der Waals surface area contributed by atoms with Gasteiger partial charge >= 0.3 is 0 Å². The Labute approximate surface area is 205 Å². The maximum Gasteiger partial charge on any atom is 0.262 e. The lowest BCUT2D eigenvalue weighted by Crippen LogP contribution is -2.49. The van der Waals surface area contributed by atoms with Crippen LogP contribution < -0.4 is 20.1 Å². The fraction of sp³-hybridized carbons (Fsp3) is 0.444. The average molecular weight is 476 g/mol. The molecule has 3 heterocycles. The molecule has 1 aromatic heterocycles. The lowest BCUT2D eigenvalue weighted by molar-refractivity contribution is -0.131. The van der Waals surface area contributed by atoms with E-state index in [2.05, 4.69) is 21.9 Å². The smallest absolute Gasteiger partial charge is 0.262 e. The molecule has 8 heteroatoms. The van der Waals surface area contributed by atoms with Crippen molar-refractivity contribution in [3.63, 3.8) is 0 Å². The predicted molar refractivity (Wildman–Crippen MR) is 138 cm³/mol. The Balaban J connectivity index is 1.27. The number of hydrogen-bond donors (Lipinski definition) is 0. The highest BCUT2D eigenvalue weighted by Crippen LogP contribution is 2.22. The molecule has 3 aromatic rings. The number of fused-ring (bicyclic) bond motifs is 1. The van der Waals surface area contributed by atoms with Crippen molar-refractivity contribution < 1.29 is 9.53 Å². The number of benzene rings is 2. The molecular formula is C27H33N5O3. The minimum atomic E-state index is -0.0618. The highest BCUT2D eigenvalue weighted by atomic mass is 16.5. The van der Waals surface area contributed by atoms with Gasteiger partial charge in [0, 0.05) is 57.9 Å². The highest BCUT2D eigenvalue weighted by Gasteiger charge is 2.23. The zero-order valence-electron chi connectivity index (χ0n) is 20.4. The molecule has 0 unspecified atom stereocenters.